The number of aromatic nitrogens is 10. The molecule has 0 spiro atoms. The number of imidazole rings is 4. The van der Waals surface area contributed by atoms with E-state index in [-0.39, 0.29) is 57.1 Å². The van der Waals surface area contributed by atoms with Gasteiger partial charge in [-0.1, -0.05) is 12.1 Å². The highest BCUT2D eigenvalue weighted by atomic mass is 79.9. The van der Waals surface area contributed by atoms with Gasteiger partial charge in [0.25, 0.3) is 0 Å². The van der Waals surface area contributed by atoms with Gasteiger partial charge in [0.15, 0.2) is 4.73 Å². The third kappa shape index (κ3) is 26.7. The first-order valence-electron chi connectivity index (χ1n) is 39.9. The maximum Gasteiger partial charge on any atom is 0.407 e. The minimum absolute atomic E-state index is 0.0657. The van der Waals surface area contributed by atoms with E-state index in [0.717, 1.165) is 127 Å². The van der Waals surface area contributed by atoms with Crippen molar-refractivity contribution in [2.24, 2.45) is 0 Å². The van der Waals surface area contributed by atoms with Crippen molar-refractivity contribution in [2.75, 3.05) is 74.0 Å². The molecule has 121 heavy (non-hydrogen) atoms. The van der Waals surface area contributed by atoms with Gasteiger partial charge in [-0.3, -0.25) is 0 Å². The number of alkyl carbamates (subject to hydrolysis) is 2. The van der Waals surface area contributed by atoms with Crippen LogP contribution < -0.4 is 32.3 Å². The van der Waals surface area contributed by atoms with Gasteiger partial charge >= 0.3 is 12.2 Å². The summed E-state index contributed by atoms with van der Waals surface area (Å²) in [7, 11) is -13.9. The number of ether oxygens (including phenoxy) is 2. The van der Waals surface area contributed by atoms with Crippen LogP contribution in [0.25, 0.3) is 10.4 Å². The molecule has 6 aromatic heterocycles. The van der Waals surface area contributed by atoms with Crippen molar-refractivity contribution in [3.05, 3.63) is 168 Å². The number of carbonyl (C=O) groups excluding carboxylic acids is 2. The van der Waals surface area contributed by atoms with E-state index >= 15 is 0 Å². The number of halogens is 4. The van der Waals surface area contributed by atoms with Gasteiger partial charge in [-0.25, -0.2) is 73.2 Å². The topological polar surface area (TPSA) is 429 Å². The molecular formula is C79H102Br4N20O12S6. The average Bonchev–Trinajstić information content (AvgIpc) is 1.74. The van der Waals surface area contributed by atoms with Crippen LogP contribution >= 0.6 is 86.4 Å². The highest BCUT2D eigenvalue weighted by Gasteiger charge is 2.35. The summed E-state index contributed by atoms with van der Waals surface area (Å²) in [4.78, 5) is 62.4. The Balaban J connectivity index is 0.000000150. The minimum Gasteiger partial charge on any atom is -0.447 e. The highest BCUT2D eigenvalue weighted by Crippen LogP contribution is 2.43. The smallest absolute Gasteiger partial charge is 0.407 e. The lowest BCUT2D eigenvalue weighted by Crippen LogP contribution is -2.38. The number of sulfonamides is 4. The van der Waals surface area contributed by atoms with Gasteiger partial charge in [-0.15, -0.1) is 22.7 Å². The maximum absolute atomic E-state index is 13.7. The summed E-state index contributed by atoms with van der Waals surface area (Å²) in [5.74, 6) is 2.53. The first-order chi connectivity index (χ1) is 57.9. The SMILES string of the molecule is Brc1ncc[nH]1.CC(C)OC(=O)NC1CCC(c2ncc(-c3ccc(Nc4ncc[nH]4)cc3S(=O)(=O)N3CCCC3)s2)CC1.CC(C)OC(=O)NC1CCC(c2ncc(Br)s2)CC1.Cc1ccc(Nc2ncc[nH]2)cc1S(=O)(=O)N1CCCC1.Nc1ccc(Br)c(S(=O)(=O)N2CCCC2)c1.O=S(=O)(c1cc(Nc2ncc[nH]2)ccc1Br)N1CCCC1. The molecule has 0 radical (unpaired) electrons. The molecule has 0 atom stereocenters. The normalized spacial score (nSPS) is 18.5. The summed E-state index contributed by atoms with van der Waals surface area (Å²) >= 11 is 16.4. The van der Waals surface area contributed by atoms with Crippen molar-refractivity contribution in [1.82, 2.24) is 77.7 Å². The summed E-state index contributed by atoms with van der Waals surface area (Å²) in [6, 6.07) is 21.1. The number of carbonyl (C=O) groups is 2. The maximum atomic E-state index is 13.7. The first-order valence-corrected chi connectivity index (χ1v) is 50.5. The third-order valence-corrected chi connectivity index (χ3v) is 33.3. The van der Waals surface area contributed by atoms with Crippen LogP contribution in [0.4, 0.5) is 50.2 Å². The number of nitrogens with two attached hydrogens (primary N) is 1. The molecule has 42 heteroatoms. The molecule has 0 bridgehead atoms. The van der Waals surface area contributed by atoms with Crippen molar-refractivity contribution in [3.63, 3.8) is 0 Å². The minimum atomic E-state index is -3.67. The summed E-state index contributed by atoms with van der Waals surface area (Å²) in [6.45, 7) is 13.9. The van der Waals surface area contributed by atoms with Crippen molar-refractivity contribution in [2.45, 2.75) is 193 Å². The summed E-state index contributed by atoms with van der Waals surface area (Å²) in [6.07, 6.45) is 31.2. The zero-order chi connectivity index (χ0) is 86.4. The van der Waals surface area contributed by atoms with Crippen molar-refractivity contribution < 1.29 is 52.7 Å². The van der Waals surface area contributed by atoms with E-state index in [1.807, 2.05) is 65.1 Å². The van der Waals surface area contributed by atoms with E-state index in [1.165, 1.54) is 19.7 Å². The second kappa shape index (κ2) is 44.2. The van der Waals surface area contributed by atoms with Crippen molar-refractivity contribution >= 4 is 179 Å². The van der Waals surface area contributed by atoms with Crippen LogP contribution in [0.2, 0.25) is 0 Å². The standard InChI is InChI=1S/C26H34N6O4S2.C14H18N4O2S.C13H15BrN4O2S.C13H19BrN2O2S.C10H13BrN2O2S.C3H3BrN2/c1-17(2)36-26(33)31-19-7-5-18(6-8-19)24-29-16-22(37-24)21-10-9-20(30-25-27-11-12-28-25)15-23(21)38(34,35)32-13-3-4-14-32;1-11-4-5-12(17-14-15-6-7-16-14)10-13(11)21(19,20)18-8-2-3-9-18;14-11-4-3-10(17-13-15-5-6-16-13)9-12(11)21(19,20)18-7-1-2-8-18;1-8(2)18-13(17)16-10-5-3-9(4-6-10)12-15-7-11(14)19-12;11-9-4-3-8(12)7-10(9)16(14,15)13-5-1-2-6-13;4-3-5-1-2-6-3/h9-12,15-19H,3-8,13-14H2,1-2H3,(H,31,33)(H2,27,28,30);4-7,10H,2-3,8-9H2,1H3,(H2,15,16,17);3-6,9H,1-2,7-8H2,(H2,15,16,17);7-10H,3-6H2,1-2H3,(H,16,17);3-4,7H,1-2,5-6,12H2;1-2H,(H,5,6). The Morgan fingerprint density at radius 2 is 0.810 bits per heavy atom. The Morgan fingerprint density at radius 3 is 1.20 bits per heavy atom. The summed E-state index contributed by atoms with van der Waals surface area (Å²) in [5.41, 5.74) is 9.52. The van der Waals surface area contributed by atoms with Crippen LogP contribution in [0.15, 0.2) is 172 Å². The van der Waals surface area contributed by atoms with Crippen LogP contribution in [0, 0.1) is 6.92 Å². The fraction of sp³-hybridized carbons (Fsp3) is 0.443. The van der Waals surface area contributed by atoms with Crippen LogP contribution in [0.3, 0.4) is 0 Å². The Labute approximate surface area is 748 Å². The van der Waals surface area contributed by atoms with Gasteiger partial charge in [0.2, 0.25) is 57.9 Å². The molecule has 6 fully saturated rings. The summed E-state index contributed by atoms with van der Waals surface area (Å²) in [5, 5.41) is 17.4. The number of nitrogens with zero attached hydrogens (tertiary/aromatic N) is 10. The molecule has 2 amide bonds. The van der Waals surface area contributed by atoms with E-state index in [2.05, 4.69) is 135 Å². The van der Waals surface area contributed by atoms with Crippen molar-refractivity contribution in [1.29, 1.82) is 0 Å². The molecule has 654 valence electrons. The molecule has 2 saturated carbocycles. The number of rotatable bonds is 21. The number of hydrogen-bond acceptors (Lipinski definition) is 24. The van der Waals surface area contributed by atoms with Gasteiger partial charge in [-0.2, -0.15) is 17.2 Å². The lowest BCUT2D eigenvalue weighted by atomic mass is 9.86. The fourth-order valence-electron chi connectivity index (χ4n) is 14.3. The molecule has 0 unspecified atom stereocenters. The molecule has 4 saturated heterocycles. The lowest BCUT2D eigenvalue weighted by molar-refractivity contribution is 0.108. The Morgan fingerprint density at radius 1 is 0.446 bits per heavy atom. The molecule has 4 aromatic carbocycles. The molecule has 11 N–H and O–H groups in total. The predicted octanol–water partition coefficient (Wildman–Crippen LogP) is 17.2. The molecule has 2 aliphatic carbocycles. The van der Waals surface area contributed by atoms with Gasteiger partial charge in [0, 0.05) is 169 Å². The fourth-order valence-corrected chi connectivity index (χ4v) is 25.6. The monoisotopic (exact) mass is 2030 g/mol. The predicted molar refractivity (Wildman–Crippen MR) is 485 cm³/mol. The van der Waals surface area contributed by atoms with E-state index < -0.39 is 40.1 Å². The molecule has 4 aliphatic heterocycles. The number of aromatic amines is 4. The van der Waals surface area contributed by atoms with E-state index in [4.69, 9.17) is 20.2 Å². The second-order valence-electron chi connectivity index (χ2n) is 29.9. The number of nitrogens with one attached hydrogen (secondary N) is 9. The third-order valence-electron chi connectivity index (χ3n) is 20.3. The van der Waals surface area contributed by atoms with E-state index in [1.54, 1.807) is 130 Å². The zero-order valence-electron chi connectivity index (χ0n) is 67.5. The number of aryl methyl sites for hydroxylation is 1. The summed E-state index contributed by atoms with van der Waals surface area (Å²) < 4.78 is 122. The van der Waals surface area contributed by atoms with Crippen molar-refractivity contribution in [3.8, 4) is 10.4 Å². The number of thiazole rings is 2. The molecule has 6 aliphatic rings. The molecule has 10 heterocycles. The molecule has 32 nitrogen and oxygen atoms in total. The van der Waals surface area contributed by atoms with Gasteiger partial charge in [0.05, 0.1) is 56.7 Å². The largest absolute Gasteiger partial charge is 0.447 e. The van der Waals surface area contributed by atoms with Gasteiger partial charge in [0.1, 0.15) is 0 Å². The number of nitrogen functional groups attached to an aromatic ring is 1. The second-order valence-corrected chi connectivity index (χ2v) is 43.5. The average molecular weight is 2040 g/mol. The number of hydrogen-bond donors (Lipinski definition) is 10. The van der Waals surface area contributed by atoms with Crippen LogP contribution in [0.1, 0.15) is 158 Å². The lowest BCUT2D eigenvalue weighted by Gasteiger charge is -2.28. The number of benzene rings is 4. The number of H-pyrrole nitrogens is 4. The Kier molecular flexibility index (Phi) is 34.4. The number of amides is 2. The first kappa shape index (κ1) is 94.0. The van der Waals surface area contributed by atoms with Crippen LogP contribution in [-0.4, -0.2) is 190 Å². The zero-order valence-corrected chi connectivity index (χ0v) is 78.8. The van der Waals surface area contributed by atoms with E-state index in [9.17, 15) is 43.3 Å². The van der Waals surface area contributed by atoms with Crippen LogP contribution in [0.5, 0.6) is 0 Å². The Hall–Kier alpha value is -7.72. The number of anilines is 7. The quantitative estimate of drug-likeness (QED) is 0.0299. The Bertz CT molecular complexity index is 5310. The van der Waals surface area contributed by atoms with Gasteiger partial charge in [-0.05, 0) is 267 Å². The van der Waals surface area contributed by atoms with Crippen LogP contribution in [-0.2, 0) is 49.6 Å². The highest BCUT2D eigenvalue weighted by molar-refractivity contribution is 9.11. The van der Waals surface area contributed by atoms with Gasteiger partial charge < -0.3 is 61.7 Å². The molecule has 16 rings (SSSR count). The van der Waals surface area contributed by atoms with E-state index in [0.29, 0.717) is 118 Å². The molecule has 10 aromatic rings. The molecular weight excluding hydrogens is 1930 g/mol.